The second kappa shape index (κ2) is 5.82. The number of nitrogens with one attached hydrogen (secondary N) is 1. The van der Waals surface area contributed by atoms with Crippen LogP contribution in [0.25, 0.3) is 0 Å². The Morgan fingerprint density at radius 2 is 2.22 bits per heavy atom. The third kappa shape index (κ3) is 3.30. The maximum absolute atomic E-state index is 13.6. The SMILES string of the molecule is CS(=O)(=O)c1nc2c(c(=O)[nH]1)CN(Cc1cccnc1F)CC2. The third-order valence-electron chi connectivity index (χ3n) is 3.71. The fraction of sp³-hybridized carbons (Fsp3) is 0.357. The molecular formula is C14H15FN4O3S. The van der Waals surface area contributed by atoms with Crippen molar-refractivity contribution >= 4 is 9.84 Å². The summed E-state index contributed by atoms with van der Waals surface area (Å²) in [6.45, 7) is 1.17. The third-order valence-corrected chi connectivity index (χ3v) is 4.60. The summed E-state index contributed by atoms with van der Waals surface area (Å²) in [4.78, 5) is 24.0. The Balaban J connectivity index is 1.87. The highest BCUT2D eigenvalue weighted by atomic mass is 32.2. The molecule has 1 N–H and O–H groups in total. The van der Waals surface area contributed by atoms with Crippen LogP contribution >= 0.6 is 0 Å². The average molecular weight is 338 g/mol. The van der Waals surface area contributed by atoms with Gasteiger partial charge >= 0.3 is 0 Å². The van der Waals surface area contributed by atoms with E-state index >= 15 is 0 Å². The topological polar surface area (TPSA) is 96.0 Å². The Morgan fingerprint density at radius 3 is 2.91 bits per heavy atom. The first-order valence-electron chi connectivity index (χ1n) is 6.98. The molecule has 122 valence electrons. The molecule has 0 atom stereocenters. The first-order chi connectivity index (χ1) is 10.8. The summed E-state index contributed by atoms with van der Waals surface area (Å²) in [6, 6.07) is 3.30. The zero-order chi connectivity index (χ0) is 16.6. The largest absolute Gasteiger partial charge is 0.297 e. The van der Waals surface area contributed by atoms with Crippen molar-refractivity contribution in [3.8, 4) is 0 Å². The van der Waals surface area contributed by atoms with Gasteiger partial charge < -0.3 is 0 Å². The van der Waals surface area contributed by atoms with Crippen molar-refractivity contribution in [1.82, 2.24) is 19.9 Å². The zero-order valence-corrected chi connectivity index (χ0v) is 13.2. The normalized spacial score (nSPS) is 15.4. The predicted molar refractivity (Wildman–Crippen MR) is 80.0 cm³/mol. The van der Waals surface area contributed by atoms with Crippen LogP contribution < -0.4 is 5.56 Å². The van der Waals surface area contributed by atoms with Crippen LogP contribution in [0.1, 0.15) is 16.8 Å². The highest BCUT2D eigenvalue weighted by Crippen LogP contribution is 2.17. The molecule has 2 aromatic rings. The van der Waals surface area contributed by atoms with Crippen molar-refractivity contribution in [2.45, 2.75) is 24.7 Å². The zero-order valence-electron chi connectivity index (χ0n) is 12.4. The van der Waals surface area contributed by atoms with Gasteiger partial charge in [0.05, 0.1) is 11.3 Å². The van der Waals surface area contributed by atoms with Gasteiger partial charge in [-0.15, -0.1) is 0 Å². The molecule has 3 heterocycles. The Labute approximate surface area is 132 Å². The fourth-order valence-corrected chi connectivity index (χ4v) is 3.10. The summed E-state index contributed by atoms with van der Waals surface area (Å²) in [5.41, 5.74) is 0.893. The smallest absolute Gasteiger partial charge is 0.256 e. The van der Waals surface area contributed by atoms with E-state index in [1.165, 1.54) is 6.20 Å². The highest BCUT2D eigenvalue weighted by molar-refractivity contribution is 7.90. The summed E-state index contributed by atoms with van der Waals surface area (Å²) in [5.74, 6) is -0.530. The van der Waals surface area contributed by atoms with E-state index < -0.39 is 21.3 Å². The van der Waals surface area contributed by atoms with Crippen LogP contribution in [0.5, 0.6) is 0 Å². The standard InChI is InChI=1S/C14H15FN4O3S/c1-23(21,22)14-17-11-4-6-19(8-10(11)13(20)18-14)7-9-3-2-5-16-12(9)15/h2-3,5H,4,6-8H2,1H3,(H,17,18,20). The lowest BCUT2D eigenvalue weighted by Crippen LogP contribution is -2.36. The van der Waals surface area contributed by atoms with Crippen LogP contribution in [-0.2, 0) is 29.3 Å². The van der Waals surface area contributed by atoms with Crippen molar-refractivity contribution in [1.29, 1.82) is 0 Å². The number of halogens is 1. The molecule has 0 bridgehead atoms. The maximum Gasteiger partial charge on any atom is 0.256 e. The number of hydrogen-bond donors (Lipinski definition) is 1. The Morgan fingerprint density at radius 1 is 1.43 bits per heavy atom. The van der Waals surface area contributed by atoms with Crippen molar-refractivity contribution in [2.24, 2.45) is 0 Å². The van der Waals surface area contributed by atoms with E-state index in [4.69, 9.17) is 0 Å². The molecule has 0 aromatic carbocycles. The Bertz CT molecular complexity index is 910. The number of aromatic amines is 1. The molecule has 0 fully saturated rings. The van der Waals surface area contributed by atoms with Gasteiger partial charge in [0.2, 0.25) is 20.9 Å². The van der Waals surface area contributed by atoms with E-state index in [-0.39, 0.29) is 11.7 Å². The minimum absolute atomic E-state index is 0.288. The lowest BCUT2D eigenvalue weighted by molar-refractivity contribution is 0.236. The number of aromatic nitrogens is 3. The van der Waals surface area contributed by atoms with E-state index in [1.54, 1.807) is 12.1 Å². The average Bonchev–Trinajstić information content (AvgIpc) is 2.49. The first-order valence-corrected chi connectivity index (χ1v) is 8.87. The van der Waals surface area contributed by atoms with Gasteiger partial charge in [-0.2, -0.15) is 4.39 Å². The molecule has 0 radical (unpaired) electrons. The number of sulfone groups is 1. The summed E-state index contributed by atoms with van der Waals surface area (Å²) < 4.78 is 36.7. The summed E-state index contributed by atoms with van der Waals surface area (Å²) in [7, 11) is -3.56. The van der Waals surface area contributed by atoms with Crippen LogP contribution in [0.4, 0.5) is 4.39 Å². The van der Waals surface area contributed by atoms with E-state index in [0.29, 0.717) is 36.3 Å². The quantitative estimate of drug-likeness (QED) is 0.637. The van der Waals surface area contributed by atoms with Gasteiger partial charge in [0, 0.05) is 44.1 Å². The van der Waals surface area contributed by atoms with Crippen LogP contribution in [0.15, 0.2) is 28.3 Å². The Kier molecular flexibility index (Phi) is 3.99. The molecule has 0 saturated heterocycles. The van der Waals surface area contributed by atoms with Gasteiger partial charge in [-0.1, -0.05) is 6.07 Å². The highest BCUT2D eigenvalue weighted by Gasteiger charge is 2.24. The maximum atomic E-state index is 13.6. The lowest BCUT2D eigenvalue weighted by atomic mass is 10.1. The molecule has 0 unspecified atom stereocenters. The van der Waals surface area contributed by atoms with E-state index in [0.717, 1.165) is 6.26 Å². The lowest BCUT2D eigenvalue weighted by Gasteiger charge is -2.27. The fourth-order valence-electron chi connectivity index (χ4n) is 2.55. The molecule has 2 aromatic heterocycles. The van der Waals surface area contributed by atoms with Crippen LogP contribution in [0.2, 0.25) is 0 Å². The second-order valence-electron chi connectivity index (χ2n) is 5.48. The molecule has 0 aliphatic carbocycles. The van der Waals surface area contributed by atoms with E-state index in [1.807, 2.05) is 4.90 Å². The van der Waals surface area contributed by atoms with Crippen molar-refractivity contribution < 1.29 is 12.8 Å². The number of nitrogens with zero attached hydrogens (tertiary/aromatic N) is 3. The summed E-state index contributed by atoms with van der Waals surface area (Å²) in [5, 5.41) is -0.312. The van der Waals surface area contributed by atoms with Gasteiger partial charge in [-0.25, -0.2) is 18.4 Å². The molecule has 0 amide bonds. The van der Waals surface area contributed by atoms with Crippen LogP contribution in [-0.4, -0.2) is 41.1 Å². The number of H-pyrrole nitrogens is 1. The molecule has 9 heteroatoms. The minimum Gasteiger partial charge on any atom is -0.297 e. The number of pyridine rings is 1. The molecule has 1 aliphatic heterocycles. The molecule has 3 rings (SSSR count). The van der Waals surface area contributed by atoms with E-state index in [9.17, 15) is 17.6 Å². The van der Waals surface area contributed by atoms with Crippen LogP contribution in [0.3, 0.4) is 0 Å². The number of hydrogen-bond acceptors (Lipinski definition) is 6. The van der Waals surface area contributed by atoms with Gasteiger partial charge in [0.25, 0.3) is 5.56 Å². The monoisotopic (exact) mass is 338 g/mol. The molecule has 23 heavy (non-hydrogen) atoms. The molecule has 1 aliphatic rings. The molecule has 0 spiro atoms. The number of fused-ring (bicyclic) bond motifs is 1. The molecular weight excluding hydrogens is 323 g/mol. The van der Waals surface area contributed by atoms with Gasteiger partial charge in [-0.05, 0) is 6.07 Å². The summed E-state index contributed by atoms with van der Waals surface area (Å²) in [6.07, 6.45) is 2.81. The van der Waals surface area contributed by atoms with Gasteiger partial charge in [0.1, 0.15) is 0 Å². The minimum atomic E-state index is -3.56. The van der Waals surface area contributed by atoms with E-state index in [2.05, 4.69) is 15.0 Å². The van der Waals surface area contributed by atoms with Crippen LogP contribution in [0, 0.1) is 5.95 Å². The molecule has 7 nitrogen and oxygen atoms in total. The number of rotatable bonds is 3. The van der Waals surface area contributed by atoms with Crippen molar-refractivity contribution in [2.75, 3.05) is 12.8 Å². The van der Waals surface area contributed by atoms with Crippen molar-refractivity contribution in [3.05, 3.63) is 51.5 Å². The van der Waals surface area contributed by atoms with Gasteiger partial charge in [-0.3, -0.25) is 14.7 Å². The summed E-state index contributed by atoms with van der Waals surface area (Å²) >= 11 is 0. The van der Waals surface area contributed by atoms with Gasteiger partial charge in [0.15, 0.2) is 0 Å². The first kappa shape index (κ1) is 15.8. The Hall–Kier alpha value is -2.13. The van der Waals surface area contributed by atoms with Crippen molar-refractivity contribution in [3.63, 3.8) is 0 Å². The predicted octanol–water partition coefficient (Wildman–Crippen LogP) is 0.266. The second-order valence-corrected chi connectivity index (χ2v) is 7.41. The molecule has 0 saturated carbocycles.